The van der Waals surface area contributed by atoms with Crippen molar-refractivity contribution in [2.75, 3.05) is 20.3 Å². The minimum absolute atomic E-state index is 0.0311. The maximum atomic E-state index is 10.7. The molecule has 0 heterocycles. The highest BCUT2D eigenvalue weighted by Gasteiger charge is 2.13. The summed E-state index contributed by atoms with van der Waals surface area (Å²) in [7, 11) is 1.52. The van der Waals surface area contributed by atoms with Crippen molar-refractivity contribution >= 4 is 17.6 Å². The molecule has 2 rings (SSSR count). The maximum Gasteiger partial charge on any atom is 0.303 e. The molecule has 0 unspecified atom stereocenters. The fraction of sp³-hybridized carbons (Fsp3) is 0.350. The van der Waals surface area contributed by atoms with Crippen molar-refractivity contribution in [1.29, 1.82) is 0 Å². The summed E-state index contributed by atoms with van der Waals surface area (Å²) in [5.74, 6) is 0.908. The molecular weight excluding hydrogens is 356 g/mol. The van der Waals surface area contributed by atoms with Gasteiger partial charge in [0.2, 0.25) is 0 Å². The van der Waals surface area contributed by atoms with E-state index in [1.807, 2.05) is 32.0 Å². The summed E-state index contributed by atoms with van der Waals surface area (Å²) in [6, 6.07) is 9.44. The summed E-state index contributed by atoms with van der Waals surface area (Å²) < 4.78 is 16.9. The highest BCUT2D eigenvalue weighted by Crippen LogP contribution is 2.36. The van der Waals surface area contributed by atoms with Gasteiger partial charge in [-0.05, 0) is 49.1 Å². The lowest BCUT2D eigenvalue weighted by molar-refractivity contribution is -0.136. The highest BCUT2D eigenvalue weighted by molar-refractivity contribution is 6.32. The Balaban J connectivity index is 1.99. The van der Waals surface area contributed by atoms with Crippen LogP contribution in [0.15, 0.2) is 30.3 Å². The molecule has 2 aromatic carbocycles. The number of carboxylic acids is 1. The SMILES string of the molecule is COc1cc(CCC(=O)O)cc(Cl)c1OCCOc1c(C)cccc1C. The number of halogens is 1. The van der Waals surface area contributed by atoms with E-state index in [1.54, 1.807) is 12.1 Å². The number of hydrogen-bond acceptors (Lipinski definition) is 4. The number of hydrogen-bond donors (Lipinski definition) is 1. The fourth-order valence-corrected chi connectivity index (χ4v) is 2.91. The van der Waals surface area contributed by atoms with Crippen LogP contribution in [0.5, 0.6) is 17.2 Å². The summed E-state index contributed by atoms with van der Waals surface area (Å²) in [5.41, 5.74) is 2.93. The summed E-state index contributed by atoms with van der Waals surface area (Å²) in [5, 5.41) is 9.18. The van der Waals surface area contributed by atoms with E-state index >= 15 is 0 Å². The third kappa shape index (κ3) is 5.30. The molecular formula is C20H23ClO5. The molecule has 0 atom stereocenters. The van der Waals surface area contributed by atoms with Crippen LogP contribution >= 0.6 is 11.6 Å². The Bertz CT molecular complexity index is 753. The Morgan fingerprint density at radius 1 is 1.08 bits per heavy atom. The van der Waals surface area contributed by atoms with E-state index in [9.17, 15) is 4.79 Å². The number of methoxy groups -OCH3 is 1. The lowest BCUT2D eigenvalue weighted by Crippen LogP contribution is -2.11. The summed E-state index contributed by atoms with van der Waals surface area (Å²) in [4.78, 5) is 10.7. The first-order chi connectivity index (χ1) is 12.4. The molecule has 140 valence electrons. The van der Waals surface area contributed by atoms with Gasteiger partial charge in [0, 0.05) is 6.42 Å². The van der Waals surface area contributed by atoms with Gasteiger partial charge in [0.1, 0.15) is 19.0 Å². The Morgan fingerprint density at radius 3 is 2.27 bits per heavy atom. The molecule has 5 nitrogen and oxygen atoms in total. The van der Waals surface area contributed by atoms with Crippen molar-refractivity contribution < 1.29 is 24.1 Å². The second kappa shape index (κ2) is 9.34. The zero-order chi connectivity index (χ0) is 19.1. The van der Waals surface area contributed by atoms with Gasteiger partial charge < -0.3 is 19.3 Å². The Morgan fingerprint density at radius 2 is 1.69 bits per heavy atom. The second-order valence-corrected chi connectivity index (χ2v) is 6.33. The molecule has 0 spiro atoms. The van der Waals surface area contributed by atoms with Crippen molar-refractivity contribution in [2.45, 2.75) is 26.7 Å². The van der Waals surface area contributed by atoms with E-state index in [4.69, 9.17) is 30.9 Å². The number of benzene rings is 2. The van der Waals surface area contributed by atoms with Gasteiger partial charge in [-0.2, -0.15) is 0 Å². The number of aryl methyl sites for hydroxylation is 3. The van der Waals surface area contributed by atoms with Gasteiger partial charge in [-0.1, -0.05) is 29.8 Å². The predicted octanol–water partition coefficient (Wildman–Crippen LogP) is 4.44. The van der Waals surface area contributed by atoms with Crippen molar-refractivity contribution in [3.63, 3.8) is 0 Å². The first-order valence-electron chi connectivity index (χ1n) is 8.32. The standard InChI is InChI=1S/C20H23ClO5/c1-13-5-4-6-14(2)19(13)25-9-10-26-20-16(21)11-15(7-8-18(22)23)12-17(20)24-3/h4-6,11-12H,7-10H2,1-3H3,(H,22,23). The molecule has 0 saturated carbocycles. The average Bonchev–Trinajstić information content (AvgIpc) is 2.59. The highest BCUT2D eigenvalue weighted by atomic mass is 35.5. The monoisotopic (exact) mass is 378 g/mol. The molecule has 2 aromatic rings. The molecule has 0 fully saturated rings. The van der Waals surface area contributed by atoms with Crippen molar-refractivity contribution in [2.24, 2.45) is 0 Å². The first kappa shape index (κ1) is 19.9. The van der Waals surface area contributed by atoms with E-state index in [2.05, 4.69) is 0 Å². The van der Waals surface area contributed by atoms with Gasteiger partial charge in [0.15, 0.2) is 11.5 Å². The Hall–Kier alpha value is -2.40. The van der Waals surface area contributed by atoms with Crippen molar-refractivity contribution in [3.8, 4) is 17.2 Å². The van der Waals surface area contributed by atoms with Crippen LogP contribution in [-0.4, -0.2) is 31.4 Å². The summed E-state index contributed by atoms with van der Waals surface area (Å²) >= 11 is 6.28. The summed E-state index contributed by atoms with van der Waals surface area (Å²) in [6.07, 6.45) is 0.407. The van der Waals surface area contributed by atoms with Gasteiger partial charge >= 0.3 is 5.97 Å². The number of carboxylic acid groups (broad SMARTS) is 1. The molecule has 1 N–H and O–H groups in total. The molecule has 26 heavy (non-hydrogen) atoms. The minimum Gasteiger partial charge on any atom is -0.493 e. The van der Waals surface area contributed by atoms with Gasteiger partial charge in [0.05, 0.1) is 12.1 Å². The van der Waals surface area contributed by atoms with E-state index in [0.717, 1.165) is 22.4 Å². The molecule has 0 amide bonds. The van der Waals surface area contributed by atoms with E-state index in [-0.39, 0.29) is 6.42 Å². The molecule has 0 aliphatic heterocycles. The van der Waals surface area contributed by atoms with E-state index in [1.165, 1.54) is 7.11 Å². The van der Waals surface area contributed by atoms with Crippen LogP contribution in [0.3, 0.4) is 0 Å². The Labute approximate surface area is 158 Å². The molecule has 0 saturated heterocycles. The third-order valence-corrected chi connectivity index (χ3v) is 4.18. The Kier molecular flexibility index (Phi) is 7.16. The van der Waals surface area contributed by atoms with Crippen LogP contribution in [-0.2, 0) is 11.2 Å². The van der Waals surface area contributed by atoms with Crippen LogP contribution in [0.1, 0.15) is 23.1 Å². The number of aliphatic carboxylic acids is 1. The summed E-state index contributed by atoms with van der Waals surface area (Å²) in [6.45, 7) is 4.67. The third-order valence-electron chi connectivity index (χ3n) is 3.90. The predicted molar refractivity (Wildman–Crippen MR) is 101 cm³/mol. The average molecular weight is 379 g/mol. The molecule has 6 heteroatoms. The largest absolute Gasteiger partial charge is 0.493 e. The van der Waals surface area contributed by atoms with E-state index in [0.29, 0.717) is 36.2 Å². The topological polar surface area (TPSA) is 65.0 Å². The molecule has 0 aliphatic rings. The molecule has 0 aliphatic carbocycles. The fourth-order valence-electron chi connectivity index (χ4n) is 2.62. The molecule has 0 radical (unpaired) electrons. The number of carbonyl (C=O) groups is 1. The quantitative estimate of drug-likeness (QED) is 0.653. The first-order valence-corrected chi connectivity index (χ1v) is 8.70. The normalized spacial score (nSPS) is 10.5. The van der Waals surface area contributed by atoms with Crippen LogP contribution < -0.4 is 14.2 Å². The lowest BCUT2D eigenvalue weighted by Gasteiger charge is -2.15. The lowest BCUT2D eigenvalue weighted by atomic mass is 10.1. The number of rotatable bonds is 9. The van der Waals surface area contributed by atoms with Crippen LogP contribution in [0.25, 0.3) is 0 Å². The van der Waals surface area contributed by atoms with Gasteiger partial charge in [-0.3, -0.25) is 4.79 Å². The van der Waals surface area contributed by atoms with Gasteiger partial charge in [-0.15, -0.1) is 0 Å². The molecule has 0 bridgehead atoms. The van der Waals surface area contributed by atoms with E-state index < -0.39 is 5.97 Å². The van der Waals surface area contributed by atoms with Crippen molar-refractivity contribution in [1.82, 2.24) is 0 Å². The van der Waals surface area contributed by atoms with Crippen LogP contribution in [0.4, 0.5) is 0 Å². The zero-order valence-corrected chi connectivity index (χ0v) is 15.9. The number of para-hydroxylation sites is 1. The van der Waals surface area contributed by atoms with Crippen LogP contribution in [0.2, 0.25) is 5.02 Å². The van der Waals surface area contributed by atoms with Crippen LogP contribution in [0, 0.1) is 13.8 Å². The molecule has 0 aromatic heterocycles. The van der Waals surface area contributed by atoms with Gasteiger partial charge in [-0.25, -0.2) is 0 Å². The van der Waals surface area contributed by atoms with Crippen molar-refractivity contribution in [3.05, 3.63) is 52.0 Å². The minimum atomic E-state index is -0.857. The maximum absolute atomic E-state index is 10.7. The second-order valence-electron chi connectivity index (χ2n) is 5.92. The zero-order valence-electron chi connectivity index (χ0n) is 15.2. The van der Waals surface area contributed by atoms with Gasteiger partial charge in [0.25, 0.3) is 0 Å². The smallest absolute Gasteiger partial charge is 0.303 e. The number of ether oxygens (including phenoxy) is 3.